The lowest BCUT2D eigenvalue weighted by Gasteiger charge is -2.26. The molecule has 1 aromatic heterocycles. The SMILES string of the molecule is COc1cc2c(c(OC)c1)C(c1ncc[nH]1)CC(=O)N2.O=CO. The minimum Gasteiger partial charge on any atom is -0.497 e. The number of imidazole rings is 1. The van der Waals surface area contributed by atoms with E-state index in [1.54, 1.807) is 32.7 Å². The number of H-pyrrole nitrogens is 1. The van der Waals surface area contributed by atoms with Crippen LogP contribution in [0, 0.1) is 0 Å². The predicted octanol–water partition coefficient (Wildman–Crippen LogP) is 1.60. The number of aromatic amines is 1. The first-order valence-electron chi connectivity index (χ1n) is 6.77. The summed E-state index contributed by atoms with van der Waals surface area (Å²) in [5.74, 6) is 1.88. The van der Waals surface area contributed by atoms with Gasteiger partial charge in [0.2, 0.25) is 5.91 Å². The average molecular weight is 319 g/mol. The summed E-state index contributed by atoms with van der Waals surface area (Å²) in [4.78, 5) is 27.6. The minimum atomic E-state index is -0.250. The number of aromatic nitrogens is 2. The third-order valence-corrected chi connectivity index (χ3v) is 3.43. The second kappa shape index (κ2) is 7.30. The minimum absolute atomic E-state index is 0.0470. The van der Waals surface area contributed by atoms with Crippen LogP contribution in [0.2, 0.25) is 0 Å². The Balaban J connectivity index is 0.000000595. The third kappa shape index (κ3) is 3.42. The van der Waals surface area contributed by atoms with Crippen molar-refractivity contribution in [1.29, 1.82) is 0 Å². The molecule has 1 amide bonds. The normalized spacial score (nSPS) is 15.6. The van der Waals surface area contributed by atoms with Crippen LogP contribution < -0.4 is 14.8 Å². The number of hydrogen-bond acceptors (Lipinski definition) is 5. The van der Waals surface area contributed by atoms with Gasteiger partial charge in [-0.2, -0.15) is 0 Å². The van der Waals surface area contributed by atoms with E-state index in [0.29, 0.717) is 23.6 Å². The fraction of sp³-hybridized carbons (Fsp3) is 0.267. The molecule has 1 aliphatic heterocycles. The molecule has 3 rings (SSSR count). The molecule has 23 heavy (non-hydrogen) atoms. The number of carbonyl (C=O) groups excluding carboxylic acids is 1. The van der Waals surface area contributed by atoms with Gasteiger partial charge in [-0.1, -0.05) is 0 Å². The van der Waals surface area contributed by atoms with E-state index in [1.807, 2.05) is 6.07 Å². The molecule has 1 unspecified atom stereocenters. The molecule has 1 atom stereocenters. The van der Waals surface area contributed by atoms with Gasteiger partial charge < -0.3 is 24.9 Å². The van der Waals surface area contributed by atoms with Crippen LogP contribution in [0.1, 0.15) is 23.7 Å². The number of amides is 1. The standard InChI is InChI=1S/C14H15N3O3.CH2O2/c1-19-8-5-10-13(11(6-8)20-2)9(7-12(18)17-10)14-15-3-4-16-14;2-1-3/h3-6,9H,7H2,1-2H3,(H,15,16)(H,17,18);1H,(H,2,3). The second-order valence-corrected chi connectivity index (χ2v) is 4.68. The first-order chi connectivity index (χ1) is 11.1. The van der Waals surface area contributed by atoms with E-state index >= 15 is 0 Å². The summed E-state index contributed by atoms with van der Waals surface area (Å²) < 4.78 is 10.7. The first kappa shape index (κ1) is 16.3. The third-order valence-electron chi connectivity index (χ3n) is 3.43. The summed E-state index contributed by atoms with van der Waals surface area (Å²) in [6.07, 6.45) is 3.76. The van der Waals surface area contributed by atoms with Crippen LogP contribution in [0.25, 0.3) is 0 Å². The van der Waals surface area contributed by atoms with Crippen LogP contribution in [0.4, 0.5) is 5.69 Å². The number of nitrogens with one attached hydrogen (secondary N) is 2. The van der Waals surface area contributed by atoms with Crippen molar-refractivity contribution in [3.05, 3.63) is 35.9 Å². The number of hydrogen-bond donors (Lipinski definition) is 3. The van der Waals surface area contributed by atoms with Crippen LogP contribution in [0.3, 0.4) is 0 Å². The second-order valence-electron chi connectivity index (χ2n) is 4.68. The van der Waals surface area contributed by atoms with E-state index in [0.717, 1.165) is 11.4 Å². The Hall–Kier alpha value is -3.03. The van der Waals surface area contributed by atoms with Crippen LogP contribution in [0.15, 0.2) is 24.5 Å². The summed E-state index contributed by atoms with van der Waals surface area (Å²) in [6.45, 7) is -0.250. The summed E-state index contributed by atoms with van der Waals surface area (Å²) >= 11 is 0. The van der Waals surface area contributed by atoms with Gasteiger partial charge in [-0.15, -0.1) is 0 Å². The fourth-order valence-electron chi connectivity index (χ4n) is 2.54. The zero-order valence-electron chi connectivity index (χ0n) is 12.7. The van der Waals surface area contributed by atoms with Crippen LogP contribution in [0.5, 0.6) is 11.5 Å². The molecule has 122 valence electrons. The van der Waals surface area contributed by atoms with Crippen molar-refractivity contribution in [2.45, 2.75) is 12.3 Å². The summed E-state index contributed by atoms with van der Waals surface area (Å²) in [5, 5.41) is 9.75. The number of nitrogens with zero attached hydrogens (tertiary/aromatic N) is 1. The maximum atomic E-state index is 11.9. The van der Waals surface area contributed by atoms with Gasteiger partial charge in [0.1, 0.15) is 17.3 Å². The Morgan fingerprint density at radius 2 is 2.09 bits per heavy atom. The van der Waals surface area contributed by atoms with E-state index in [9.17, 15) is 4.79 Å². The molecule has 1 aromatic carbocycles. The molecular weight excluding hydrogens is 302 g/mol. The van der Waals surface area contributed by atoms with Gasteiger partial charge in [-0.25, -0.2) is 4.98 Å². The molecule has 0 fully saturated rings. The highest BCUT2D eigenvalue weighted by Crippen LogP contribution is 2.43. The quantitative estimate of drug-likeness (QED) is 0.741. The molecule has 0 saturated carbocycles. The smallest absolute Gasteiger partial charge is 0.290 e. The molecule has 0 radical (unpaired) electrons. The van der Waals surface area contributed by atoms with Crippen molar-refractivity contribution in [3.63, 3.8) is 0 Å². The van der Waals surface area contributed by atoms with Gasteiger partial charge in [-0.3, -0.25) is 9.59 Å². The van der Waals surface area contributed by atoms with E-state index in [2.05, 4.69) is 15.3 Å². The highest BCUT2D eigenvalue weighted by molar-refractivity contribution is 5.96. The summed E-state index contributed by atoms with van der Waals surface area (Å²) in [5.41, 5.74) is 1.63. The highest BCUT2D eigenvalue weighted by Gasteiger charge is 2.31. The topological polar surface area (TPSA) is 114 Å². The van der Waals surface area contributed by atoms with Crippen molar-refractivity contribution in [1.82, 2.24) is 9.97 Å². The zero-order chi connectivity index (χ0) is 16.8. The molecular formula is C15H17N3O5. The van der Waals surface area contributed by atoms with E-state index in [1.165, 1.54) is 0 Å². The molecule has 8 heteroatoms. The predicted molar refractivity (Wildman–Crippen MR) is 81.9 cm³/mol. The number of carbonyl (C=O) groups is 2. The molecule has 3 N–H and O–H groups in total. The first-order valence-corrected chi connectivity index (χ1v) is 6.77. The molecule has 8 nitrogen and oxygen atoms in total. The Morgan fingerprint density at radius 1 is 1.35 bits per heavy atom. The number of methoxy groups -OCH3 is 2. The van der Waals surface area contributed by atoms with E-state index < -0.39 is 0 Å². The highest BCUT2D eigenvalue weighted by atomic mass is 16.5. The zero-order valence-corrected chi connectivity index (χ0v) is 12.7. The summed E-state index contributed by atoms with van der Waals surface area (Å²) in [7, 11) is 3.18. The monoisotopic (exact) mass is 319 g/mol. The van der Waals surface area contributed by atoms with Gasteiger partial charge in [0.25, 0.3) is 6.47 Å². The average Bonchev–Trinajstić information content (AvgIpc) is 3.07. The lowest BCUT2D eigenvalue weighted by molar-refractivity contribution is -0.123. The molecule has 1 aliphatic rings. The molecule has 0 spiro atoms. The number of ether oxygens (including phenoxy) is 2. The maximum absolute atomic E-state index is 11.9. The van der Waals surface area contributed by atoms with Gasteiger partial charge in [0, 0.05) is 36.5 Å². The lowest BCUT2D eigenvalue weighted by Crippen LogP contribution is -2.24. The molecule has 0 aliphatic carbocycles. The summed E-state index contributed by atoms with van der Waals surface area (Å²) in [6, 6.07) is 3.61. The molecule has 0 bridgehead atoms. The van der Waals surface area contributed by atoms with Crippen molar-refractivity contribution < 1.29 is 24.2 Å². The number of fused-ring (bicyclic) bond motifs is 1. The molecule has 2 heterocycles. The van der Waals surface area contributed by atoms with Crippen molar-refractivity contribution in [2.24, 2.45) is 0 Å². The van der Waals surface area contributed by atoms with Crippen molar-refractivity contribution in [3.8, 4) is 11.5 Å². The number of carboxylic acid groups (broad SMARTS) is 1. The van der Waals surface area contributed by atoms with Crippen LogP contribution in [-0.4, -0.2) is 41.7 Å². The number of benzene rings is 1. The van der Waals surface area contributed by atoms with E-state index in [4.69, 9.17) is 19.4 Å². The van der Waals surface area contributed by atoms with Gasteiger partial charge in [-0.05, 0) is 0 Å². The van der Waals surface area contributed by atoms with Gasteiger partial charge in [0.05, 0.1) is 25.8 Å². The van der Waals surface area contributed by atoms with Crippen molar-refractivity contribution in [2.75, 3.05) is 19.5 Å². The maximum Gasteiger partial charge on any atom is 0.290 e. The van der Waals surface area contributed by atoms with Crippen molar-refractivity contribution >= 4 is 18.1 Å². The van der Waals surface area contributed by atoms with Gasteiger partial charge in [0.15, 0.2) is 0 Å². The lowest BCUT2D eigenvalue weighted by atomic mass is 9.89. The molecule has 0 saturated heterocycles. The molecule has 2 aromatic rings. The van der Waals surface area contributed by atoms with Crippen LogP contribution in [-0.2, 0) is 9.59 Å². The Kier molecular flexibility index (Phi) is 5.19. The van der Waals surface area contributed by atoms with E-state index in [-0.39, 0.29) is 18.3 Å². The number of anilines is 1. The fourth-order valence-corrected chi connectivity index (χ4v) is 2.54. The number of rotatable bonds is 3. The Morgan fingerprint density at radius 3 is 2.65 bits per heavy atom. The van der Waals surface area contributed by atoms with Gasteiger partial charge >= 0.3 is 0 Å². The largest absolute Gasteiger partial charge is 0.497 e. The Bertz CT molecular complexity index is 685. The van der Waals surface area contributed by atoms with Crippen LogP contribution >= 0.6 is 0 Å². The Labute approximate surface area is 132 Å².